The van der Waals surface area contributed by atoms with Crippen molar-refractivity contribution in [3.63, 3.8) is 0 Å². The average Bonchev–Trinajstić information content (AvgIpc) is 3.08. The van der Waals surface area contributed by atoms with Gasteiger partial charge in [-0.05, 0) is 74.0 Å². The highest BCUT2D eigenvalue weighted by Crippen LogP contribution is 2.38. The summed E-state index contributed by atoms with van der Waals surface area (Å²) in [5.41, 5.74) is 6.15. The second kappa shape index (κ2) is 17.9. The van der Waals surface area contributed by atoms with Gasteiger partial charge < -0.3 is 35.0 Å². The molecule has 2 aromatic rings. The number of fused-ring (bicyclic) bond motifs is 2. The molecule has 1 aliphatic rings. The van der Waals surface area contributed by atoms with Crippen molar-refractivity contribution in [1.29, 1.82) is 0 Å². The Morgan fingerprint density at radius 2 is 1.63 bits per heavy atom. The van der Waals surface area contributed by atoms with E-state index >= 15 is 0 Å². The van der Waals surface area contributed by atoms with Crippen LogP contribution < -0.4 is 10.2 Å². The number of hydrogen-bond acceptors (Lipinski definition) is 7. The van der Waals surface area contributed by atoms with E-state index in [0.29, 0.717) is 25.3 Å². The quantitative estimate of drug-likeness (QED) is 0.138. The number of methoxy groups -OCH3 is 1. The number of rotatable bonds is 14. The molecular formula is C30H37ClN2O8. The molecule has 0 radical (unpaired) electrons. The first kappa shape index (κ1) is 33.5. The van der Waals surface area contributed by atoms with E-state index in [1.54, 1.807) is 13.2 Å². The third kappa shape index (κ3) is 12.6. The first-order valence-corrected chi connectivity index (χ1v) is 13.5. The number of anilines is 2. The first-order chi connectivity index (χ1) is 19.6. The Labute approximate surface area is 244 Å². The molecule has 0 saturated heterocycles. The molecule has 0 bridgehead atoms. The van der Waals surface area contributed by atoms with E-state index in [0.717, 1.165) is 55.4 Å². The average molecular weight is 589 g/mol. The lowest BCUT2D eigenvalue weighted by Gasteiger charge is -2.27. The Hall–Kier alpha value is -3.70. The van der Waals surface area contributed by atoms with E-state index in [-0.39, 0.29) is 6.29 Å². The van der Waals surface area contributed by atoms with E-state index in [1.807, 2.05) is 13.0 Å². The van der Waals surface area contributed by atoms with Crippen LogP contribution in [0.5, 0.6) is 0 Å². The van der Waals surface area contributed by atoms with E-state index in [1.165, 1.54) is 22.5 Å². The number of nitrogens with one attached hydrogen (secondary N) is 1. The maximum atomic E-state index is 10.5. The summed E-state index contributed by atoms with van der Waals surface area (Å²) in [4.78, 5) is 32.0. The molecule has 1 heterocycles. The second-order valence-electron chi connectivity index (χ2n) is 9.16. The minimum absolute atomic E-state index is 0.236. The minimum Gasteiger partial charge on any atom is -0.478 e. The van der Waals surface area contributed by atoms with Gasteiger partial charge in [-0.1, -0.05) is 35.9 Å². The van der Waals surface area contributed by atoms with Gasteiger partial charge in [0.1, 0.15) is 0 Å². The van der Waals surface area contributed by atoms with Crippen LogP contribution in [0.2, 0.25) is 5.02 Å². The molecule has 11 heteroatoms. The van der Waals surface area contributed by atoms with Gasteiger partial charge in [0.25, 0.3) is 0 Å². The number of aryl methyl sites for hydroxylation is 2. The Balaban J connectivity index is 0.000000642. The number of hydrogen-bond donors (Lipinski definition) is 4. The van der Waals surface area contributed by atoms with Crippen molar-refractivity contribution in [3.05, 3.63) is 82.4 Å². The number of carbonyl (C=O) groups is 3. The van der Waals surface area contributed by atoms with E-state index in [4.69, 9.17) is 36.4 Å². The van der Waals surface area contributed by atoms with Gasteiger partial charge in [0, 0.05) is 54.8 Å². The fourth-order valence-electron chi connectivity index (χ4n) is 4.12. The fourth-order valence-corrected chi connectivity index (χ4v) is 4.29. The van der Waals surface area contributed by atoms with Crippen molar-refractivity contribution in [1.82, 2.24) is 5.32 Å². The molecule has 4 N–H and O–H groups in total. The molecule has 222 valence electrons. The Kier molecular flexibility index (Phi) is 14.6. The zero-order chi connectivity index (χ0) is 30.2. The molecule has 0 saturated carbocycles. The van der Waals surface area contributed by atoms with Crippen LogP contribution in [0.15, 0.2) is 60.7 Å². The van der Waals surface area contributed by atoms with Crippen molar-refractivity contribution in [2.24, 2.45) is 0 Å². The van der Waals surface area contributed by atoms with Crippen LogP contribution in [0.4, 0.5) is 11.4 Å². The van der Waals surface area contributed by atoms with Gasteiger partial charge in [0.2, 0.25) is 0 Å². The monoisotopic (exact) mass is 588 g/mol. The van der Waals surface area contributed by atoms with Crippen LogP contribution in [-0.2, 0) is 43.3 Å². The number of halogens is 1. The molecule has 1 unspecified atom stereocenters. The van der Waals surface area contributed by atoms with Gasteiger partial charge >= 0.3 is 17.9 Å². The highest BCUT2D eigenvalue weighted by molar-refractivity contribution is 6.30. The van der Waals surface area contributed by atoms with Crippen LogP contribution in [-0.4, -0.2) is 66.3 Å². The third-order valence-electron chi connectivity index (χ3n) is 6.13. The summed E-state index contributed by atoms with van der Waals surface area (Å²) in [7, 11) is 1.64. The first-order valence-electron chi connectivity index (χ1n) is 13.2. The standard InChI is InChI=1S/C26H33ClN2O4.C4H4O4/c1-19(32-2)33-18-20-7-12-24-22(16-20)9-8-21-10-11-23(27)17-25(21)29(24)15-4-3-13-28-14-5-6-26(30)31;5-3(6)1-2-4(7)8/h5-7,10-12,16-17,19,28H,3-4,8-9,13-15,18H2,1-2H3,(H,30,31);1-2H,(H,5,6)(H,7,8)/b6-5+;2-1-. The predicted molar refractivity (Wildman–Crippen MR) is 157 cm³/mol. The number of benzene rings is 2. The van der Waals surface area contributed by atoms with Gasteiger partial charge in [0.05, 0.1) is 6.61 Å². The molecule has 0 amide bonds. The van der Waals surface area contributed by atoms with Crippen LogP contribution in [0, 0.1) is 0 Å². The van der Waals surface area contributed by atoms with Crippen molar-refractivity contribution in [2.45, 2.75) is 45.5 Å². The van der Waals surface area contributed by atoms with Crippen LogP contribution >= 0.6 is 11.6 Å². The zero-order valence-electron chi connectivity index (χ0n) is 23.2. The highest BCUT2D eigenvalue weighted by atomic mass is 35.5. The molecule has 0 aromatic heterocycles. The lowest BCUT2D eigenvalue weighted by Crippen LogP contribution is -2.22. The van der Waals surface area contributed by atoms with Gasteiger partial charge in [-0.2, -0.15) is 0 Å². The summed E-state index contributed by atoms with van der Waals surface area (Å²) < 4.78 is 10.9. The number of nitrogens with zero attached hydrogens (tertiary/aromatic N) is 1. The van der Waals surface area contributed by atoms with Crippen molar-refractivity contribution in [2.75, 3.05) is 31.6 Å². The maximum absolute atomic E-state index is 10.5. The summed E-state index contributed by atoms with van der Waals surface area (Å²) in [5.74, 6) is -3.43. The van der Waals surface area contributed by atoms with Crippen molar-refractivity contribution < 1.29 is 39.2 Å². The van der Waals surface area contributed by atoms with Crippen molar-refractivity contribution in [3.8, 4) is 0 Å². The summed E-state index contributed by atoms with van der Waals surface area (Å²) in [5, 5.41) is 28.3. The second-order valence-corrected chi connectivity index (χ2v) is 9.60. The van der Waals surface area contributed by atoms with Crippen LogP contribution in [0.25, 0.3) is 0 Å². The maximum Gasteiger partial charge on any atom is 0.328 e. The third-order valence-corrected chi connectivity index (χ3v) is 6.36. The summed E-state index contributed by atoms with van der Waals surface area (Å²) in [6.07, 6.45) is 7.58. The van der Waals surface area contributed by atoms with Gasteiger partial charge in [-0.25, -0.2) is 14.4 Å². The molecule has 10 nitrogen and oxygen atoms in total. The lowest BCUT2D eigenvalue weighted by molar-refractivity contribution is -0.134. The molecule has 1 aliphatic heterocycles. The summed E-state index contributed by atoms with van der Waals surface area (Å²) in [6.45, 7) is 4.68. The van der Waals surface area contributed by atoms with Crippen LogP contribution in [0.3, 0.4) is 0 Å². The number of ether oxygens (including phenoxy) is 2. The molecule has 1 atom stereocenters. The Bertz CT molecular complexity index is 1210. The van der Waals surface area contributed by atoms with E-state index < -0.39 is 17.9 Å². The molecule has 3 rings (SSSR count). The SMILES string of the molecule is COC(C)OCc1ccc2c(c1)CCc1ccc(Cl)cc1N2CCCCNC/C=C/C(=O)O.O=C(O)/C=C\C(=O)O. The number of aliphatic carboxylic acids is 3. The Morgan fingerprint density at radius 3 is 2.29 bits per heavy atom. The molecule has 41 heavy (non-hydrogen) atoms. The Morgan fingerprint density at radius 1 is 0.951 bits per heavy atom. The predicted octanol–water partition coefficient (Wildman–Crippen LogP) is 4.81. The zero-order valence-corrected chi connectivity index (χ0v) is 24.0. The number of unbranched alkanes of at least 4 members (excludes halogenated alkanes) is 1. The minimum atomic E-state index is -1.26. The number of carboxylic acids is 3. The molecule has 0 aliphatic carbocycles. The normalized spacial score (nSPS) is 13.2. The fraction of sp³-hybridized carbons (Fsp3) is 0.367. The molecule has 2 aromatic carbocycles. The summed E-state index contributed by atoms with van der Waals surface area (Å²) >= 11 is 6.37. The van der Waals surface area contributed by atoms with Crippen LogP contribution in [0.1, 0.15) is 36.5 Å². The van der Waals surface area contributed by atoms with Crippen molar-refractivity contribution >= 4 is 40.9 Å². The molecule has 0 spiro atoms. The van der Waals surface area contributed by atoms with E-state index in [9.17, 15) is 14.4 Å². The molecule has 0 fully saturated rings. The smallest absolute Gasteiger partial charge is 0.328 e. The topological polar surface area (TPSA) is 146 Å². The summed E-state index contributed by atoms with van der Waals surface area (Å²) in [6, 6.07) is 12.7. The van der Waals surface area contributed by atoms with Gasteiger partial charge in [-0.15, -0.1) is 0 Å². The lowest BCUT2D eigenvalue weighted by atomic mass is 10.0. The van der Waals surface area contributed by atoms with E-state index in [2.05, 4.69) is 40.5 Å². The van der Waals surface area contributed by atoms with Gasteiger partial charge in [-0.3, -0.25) is 0 Å². The number of carboxylic acid groups (broad SMARTS) is 3. The highest BCUT2D eigenvalue weighted by Gasteiger charge is 2.21. The largest absolute Gasteiger partial charge is 0.478 e. The van der Waals surface area contributed by atoms with Gasteiger partial charge in [0.15, 0.2) is 6.29 Å². The molecular weight excluding hydrogens is 552 g/mol.